The van der Waals surface area contributed by atoms with Crippen LogP contribution in [0.2, 0.25) is 0 Å². The molecular weight excluding hydrogens is 485 g/mol. The predicted molar refractivity (Wildman–Crippen MR) is 126 cm³/mol. The number of aliphatic imine (C=N–C) groups is 1. The number of ether oxygens (including phenoxy) is 4. The van der Waals surface area contributed by atoms with Crippen molar-refractivity contribution in [2.24, 2.45) is 10.4 Å². The van der Waals surface area contributed by atoms with Crippen LogP contribution >= 0.6 is 24.0 Å². The summed E-state index contributed by atoms with van der Waals surface area (Å²) in [6.07, 6.45) is 5.11. The van der Waals surface area contributed by atoms with E-state index in [4.69, 9.17) is 18.9 Å². The van der Waals surface area contributed by atoms with E-state index >= 15 is 0 Å². The van der Waals surface area contributed by atoms with E-state index in [-0.39, 0.29) is 29.4 Å². The fourth-order valence-electron chi connectivity index (χ4n) is 4.38. The maximum absolute atomic E-state index is 5.96. The standard InChI is InChI=1S/C21H33N3O4.HI/c1-6-22-20(24-17-13-18(28-7-2)21(17)9-8-10-21)23-14-11-15(25-3)19(27-5)16(12-14)26-4;/h11-12,17-18H,6-10,13H2,1-5H3,(H2,22,23,24);1H. The van der Waals surface area contributed by atoms with Gasteiger partial charge in [0.2, 0.25) is 5.75 Å². The Labute approximate surface area is 190 Å². The molecule has 2 aliphatic rings. The molecule has 1 aromatic rings. The van der Waals surface area contributed by atoms with Gasteiger partial charge in [0.1, 0.15) is 0 Å². The van der Waals surface area contributed by atoms with Crippen LogP contribution in [0.25, 0.3) is 0 Å². The molecule has 0 heterocycles. The summed E-state index contributed by atoms with van der Waals surface area (Å²) in [5.41, 5.74) is 1.10. The van der Waals surface area contributed by atoms with Crippen LogP contribution in [0.1, 0.15) is 39.5 Å². The lowest BCUT2D eigenvalue weighted by atomic mass is 9.51. The number of hydrogen-bond donors (Lipinski definition) is 2. The molecule has 0 radical (unpaired) electrons. The van der Waals surface area contributed by atoms with Gasteiger partial charge in [0, 0.05) is 42.4 Å². The van der Waals surface area contributed by atoms with Crippen molar-refractivity contribution < 1.29 is 18.9 Å². The number of nitrogens with zero attached hydrogens (tertiary/aromatic N) is 1. The highest BCUT2D eigenvalue weighted by molar-refractivity contribution is 14.0. The quantitative estimate of drug-likeness (QED) is 0.307. The minimum Gasteiger partial charge on any atom is -0.493 e. The summed E-state index contributed by atoms with van der Waals surface area (Å²) in [4.78, 5) is 4.63. The second-order valence-electron chi connectivity index (χ2n) is 7.33. The fraction of sp³-hybridized carbons (Fsp3) is 0.667. The molecule has 1 aromatic carbocycles. The summed E-state index contributed by atoms with van der Waals surface area (Å²) in [5, 5.41) is 7.03. The summed E-state index contributed by atoms with van der Waals surface area (Å²) >= 11 is 0. The molecule has 2 aliphatic carbocycles. The maximum Gasteiger partial charge on any atom is 0.203 e. The van der Waals surface area contributed by atoms with Crippen LogP contribution in [-0.4, -0.2) is 52.6 Å². The molecule has 0 aliphatic heterocycles. The Morgan fingerprint density at radius 3 is 2.21 bits per heavy atom. The summed E-state index contributed by atoms with van der Waals surface area (Å²) in [5.74, 6) is 2.55. The van der Waals surface area contributed by atoms with Gasteiger partial charge >= 0.3 is 0 Å². The third-order valence-electron chi connectivity index (χ3n) is 5.99. The smallest absolute Gasteiger partial charge is 0.203 e. The molecule has 3 rings (SSSR count). The van der Waals surface area contributed by atoms with Gasteiger partial charge in [-0.1, -0.05) is 6.42 Å². The first-order chi connectivity index (χ1) is 13.6. The van der Waals surface area contributed by atoms with Gasteiger partial charge < -0.3 is 29.6 Å². The summed E-state index contributed by atoms with van der Waals surface area (Å²) in [6.45, 7) is 5.57. The lowest BCUT2D eigenvalue weighted by Gasteiger charge is -2.61. The second kappa shape index (κ2) is 10.6. The molecule has 2 unspecified atom stereocenters. The third-order valence-corrected chi connectivity index (χ3v) is 5.99. The number of benzene rings is 1. The summed E-state index contributed by atoms with van der Waals surface area (Å²) in [7, 11) is 4.83. The van der Waals surface area contributed by atoms with Gasteiger partial charge in [-0.3, -0.25) is 4.99 Å². The number of hydrogen-bond acceptors (Lipinski definition) is 5. The van der Waals surface area contributed by atoms with Gasteiger partial charge in [0.25, 0.3) is 0 Å². The molecule has 0 saturated heterocycles. The predicted octanol–water partition coefficient (Wildman–Crippen LogP) is 4.06. The molecule has 2 fully saturated rings. The molecule has 29 heavy (non-hydrogen) atoms. The molecule has 8 heteroatoms. The van der Waals surface area contributed by atoms with Crippen molar-refractivity contribution in [3.8, 4) is 17.2 Å². The van der Waals surface area contributed by atoms with Crippen molar-refractivity contribution in [2.45, 2.75) is 51.7 Å². The topological polar surface area (TPSA) is 73.3 Å². The Kier molecular flexibility index (Phi) is 8.69. The number of anilines is 1. The first-order valence-corrected chi connectivity index (χ1v) is 10.1. The van der Waals surface area contributed by atoms with Gasteiger partial charge in [-0.15, -0.1) is 24.0 Å². The van der Waals surface area contributed by atoms with Gasteiger partial charge in [-0.25, -0.2) is 0 Å². The first-order valence-electron chi connectivity index (χ1n) is 10.1. The molecule has 0 amide bonds. The Hall–Kier alpha value is -1.42. The van der Waals surface area contributed by atoms with E-state index in [0.717, 1.165) is 24.7 Å². The number of nitrogens with one attached hydrogen (secondary N) is 2. The van der Waals surface area contributed by atoms with E-state index in [2.05, 4.69) is 22.5 Å². The highest BCUT2D eigenvalue weighted by atomic mass is 127. The molecular formula is C21H34IN3O4. The molecule has 164 valence electrons. The van der Waals surface area contributed by atoms with E-state index in [0.29, 0.717) is 35.9 Å². The van der Waals surface area contributed by atoms with Crippen molar-refractivity contribution in [2.75, 3.05) is 39.8 Å². The van der Waals surface area contributed by atoms with Crippen molar-refractivity contribution in [1.29, 1.82) is 0 Å². The van der Waals surface area contributed by atoms with Crippen LogP contribution in [0.15, 0.2) is 17.1 Å². The van der Waals surface area contributed by atoms with Crippen LogP contribution in [0.5, 0.6) is 17.2 Å². The zero-order valence-electron chi connectivity index (χ0n) is 18.0. The van der Waals surface area contributed by atoms with E-state index in [1.54, 1.807) is 21.3 Å². The lowest BCUT2D eigenvalue weighted by Crippen LogP contribution is -2.68. The second-order valence-corrected chi connectivity index (χ2v) is 7.33. The highest BCUT2D eigenvalue weighted by Gasteiger charge is 2.59. The number of rotatable bonds is 8. The average Bonchev–Trinajstić information content (AvgIpc) is 2.64. The molecule has 2 N–H and O–H groups in total. The van der Waals surface area contributed by atoms with E-state index in [1.807, 2.05) is 19.1 Å². The van der Waals surface area contributed by atoms with Crippen molar-refractivity contribution >= 4 is 35.6 Å². The number of guanidine groups is 1. The van der Waals surface area contributed by atoms with E-state index in [1.165, 1.54) is 19.3 Å². The van der Waals surface area contributed by atoms with Gasteiger partial charge in [-0.2, -0.15) is 0 Å². The van der Waals surface area contributed by atoms with Crippen molar-refractivity contribution in [1.82, 2.24) is 5.32 Å². The summed E-state index contributed by atoms with van der Waals surface area (Å²) in [6, 6.07) is 4.16. The molecule has 7 nitrogen and oxygen atoms in total. The average molecular weight is 519 g/mol. The molecule has 2 atom stereocenters. The Bertz CT molecular complexity index is 684. The Balaban J connectivity index is 0.00000300. The monoisotopic (exact) mass is 519 g/mol. The van der Waals surface area contributed by atoms with Crippen molar-refractivity contribution in [3.63, 3.8) is 0 Å². The molecule has 0 bridgehead atoms. The molecule has 2 saturated carbocycles. The van der Waals surface area contributed by atoms with Crippen LogP contribution in [0.3, 0.4) is 0 Å². The van der Waals surface area contributed by atoms with Crippen LogP contribution in [-0.2, 0) is 4.74 Å². The largest absolute Gasteiger partial charge is 0.493 e. The minimum absolute atomic E-state index is 0. The van der Waals surface area contributed by atoms with Gasteiger partial charge in [0.15, 0.2) is 17.5 Å². The third kappa shape index (κ3) is 4.68. The number of halogens is 1. The van der Waals surface area contributed by atoms with E-state index in [9.17, 15) is 0 Å². The highest BCUT2D eigenvalue weighted by Crippen LogP contribution is 2.57. The minimum atomic E-state index is 0. The van der Waals surface area contributed by atoms with E-state index < -0.39 is 0 Å². The molecule has 1 spiro atoms. The van der Waals surface area contributed by atoms with Crippen LogP contribution < -0.4 is 24.8 Å². The zero-order valence-corrected chi connectivity index (χ0v) is 20.4. The summed E-state index contributed by atoms with van der Waals surface area (Å²) < 4.78 is 22.3. The van der Waals surface area contributed by atoms with Gasteiger partial charge in [0.05, 0.1) is 27.4 Å². The van der Waals surface area contributed by atoms with Crippen LogP contribution in [0.4, 0.5) is 5.69 Å². The Morgan fingerprint density at radius 2 is 1.76 bits per heavy atom. The molecule has 0 aromatic heterocycles. The normalized spacial score (nSPS) is 22.0. The first kappa shape index (κ1) is 23.9. The SMILES string of the molecule is CCN=C(Nc1cc(OC)c(OC)c(OC)c1)NC1CC(OCC)C12CCC2.I. The maximum atomic E-state index is 5.96. The Morgan fingerprint density at radius 1 is 1.10 bits per heavy atom. The van der Waals surface area contributed by atoms with Gasteiger partial charge in [-0.05, 0) is 33.1 Å². The number of methoxy groups -OCH3 is 3. The zero-order chi connectivity index (χ0) is 20.1. The lowest BCUT2D eigenvalue weighted by molar-refractivity contribution is -0.168. The van der Waals surface area contributed by atoms with Crippen molar-refractivity contribution in [3.05, 3.63) is 12.1 Å². The fourth-order valence-corrected chi connectivity index (χ4v) is 4.38. The van der Waals surface area contributed by atoms with Crippen LogP contribution in [0, 0.1) is 5.41 Å².